The summed E-state index contributed by atoms with van der Waals surface area (Å²) in [5.74, 6) is -0.401. The van der Waals surface area contributed by atoms with Crippen LogP contribution in [0.2, 0.25) is 0 Å². The fourth-order valence-electron chi connectivity index (χ4n) is 3.48. The minimum absolute atomic E-state index is 0. The van der Waals surface area contributed by atoms with E-state index in [9.17, 15) is 14.7 Å². The van der Waals surface area contributed by atoms with E-state index >= 15 is 0 Å². The van der Waals surface area contributed by atoms with Gasteiger partial charge in [0.1, 0.15) is 5.70 Å². The number of rotatable bonds is 7. The molecule has 2 atom stereocenters. The summed E-state index contributed by atoms with van der Waals surface area (Å²) in [6.07, 6.45) is 1.77. The molecule has 2 aromatic rings. The van der Waals surface area contributed by atoms with E-state index < -0.39 is 11.9 Å². The van der Waals surface area contributed by atoms with Gasteiger partial charge < -0.3 is 15.3 Å². The number of aryl methyl sites for hydroxylation is 1. The maximum atomic E-state index is 13.0. The first-order chi connectivity index (χ1) is 14.4. The number of thioether (sulfide) groups is 2. The van der Waals surface area contributed by atoms with Crippen molar-refractivity contribution in [2.24, 2.45) is 7.05 Å². The number of nitrogen functional groups attached to an aromatic ring is 1. The Morgan fingerprint density at radius 3 is 2.90 bits per heavy atom. The van der Waals surface area contributed by atoms with E-state index in [-0.39, 0.29) is 22.5 Å². The number of hydrogen-bond donors (Lipinski definition) is 2. The lowest BCUT2D eigenvalue weighted by Gasteiger charge is -2.49. The number of nitrogens with zero attached hydrogens (tertiary/aromatic N) is 6. The number of tetrazole rings is 1. The predicted octanol–water partition coefficient (Wildman–Crippen LogP) is -0.363. The quantitative estimate of drug-likeness (QED) is 0.309. The Bertz CT molecular complexity index is 1040. The molecule has 1 saturated heterocycles. The molecule has 0 saturated carbocycles. The van der Waals surface area contributed by atoms with Crippen LogP contribution in [-0.2, 0) is 28.1 Å². The number of fused-ring (bicyclic) bond motifs is 1. The van der Waals surface area contributed by atoms with Crippen LogP contribution < -0.4 is 10.3 Å². The molecule has 12 nitrogen and oxygen atoms in total. The van der Waals surface area contributed by atoms with Crippen molar-refractivity contribution < 1.29 is 29.5 Å². The van der Waals surface area contributed by atoms with Crippen LogP contribution in [0.5, 0.6) is 0 Å². The molecule has 4 N–H and O–H groups in total. The van der Waals surface area contributed by atoms with Crippen LogP contribution in [0, 0.1) is 0 Å². The molecule has 2 aromatic heterocycles. The van der Waals surface area contributed by atoms with E-state index in [1.54, 1.807) is 42.7 Å². The number of aliphatic carboxylic acids is 1. The second-order valence-corrected chi connectivity index (χ2v) is 8.84. The summed E-state index contributed by atoms with van der Waals surface area (Å²) in [7, 11) is 3.29. The van der Waals surface area contributed by atoms with Gasteiger partial charge in [-0.2, -0.15) is 0 Å². The minimum atomic E-state index is -1.11. The number of carboxylic acids is 1. The summed E-state index contributed by atoms with van der Waals surface area (Å²) < 4.78 is 8.32. The monoisotopic (exact) mass is 467 g/mol. The maximum absolute atomic E-state index is 13.0. The smallest absolute Gasteiger partial charge is 0.352 e. The molecule has 4 rings (SSSR count). The molecule has 0 aliphatic carbocycles. The molecule has 31 heavy (non-hydrogen) atoms. The summed E-state index contributed by atoms with van der Waals surface area (Å²) in [5.41, 5.74) is 7.56. The van der Waals surface area contributed by atoms with Gasteiger partial charge in [-0.15, -0.1) is 16.9 Å². The van der Waals surface area contributed by atoms with Crippen LogP contribution in [0.25, 0.3) is 0 Å². The summed E-state index contributed by atoms with van der Waals surface area (Å²) in [5, 5.41) is 21.4. The highest BCUT2D eigenvalue weighted by molar-refractivity contribution is 8.01. The molecular weight excluding hydrogens is 446 g/mol. The van der Waals surface area contributed by atoms with Gasteiger partial charge in [-0.05, 0) is 27.6 Å². The number of carboxylic acid groups (broad SMARTS) is 1. The zero-order valence-corrected chi connectivity index (χ0v) is 18.3. The summed E-state index contributed by atoms with van der Waals surface area (Å²) in [6.45, 7) is 0.309. The largest absolute Gasteiger partial charge is 0.870 e. The van der Waals surface area contributed by atoms with Crippen molar-refractivity contribution in [1.29, 1.82) is 0 Å². The van der Waals surface area contributed by atoms with E-state index in [4.69, 9.17) is 10.5 Å². The Labute approximate surface area is 185 Å². The topological polar surface area (TPSA) is 170 Å². The molecule has 0 radical (unpaired) electrons. The van der Waals surface area contributed by atoms with Crippen LogP contribution >= 0.6 is 23.5 Å². The van der Waals surface area contributed by atoms with Crippen LogP contribution in [0.1, 0.15) is 11.5 Å². The fraction of sp³-hybridized carbons (Fsp3) is 0.412. The van der Waals surface area contributed by atoms with Crippen molar-refractivity contribution in [3.8, 4) is 0 Å². The highest BCUT2D eigenvalue weighted by Gasteiger charge is 2.54. The summed E-state index contributed by atoms with van der Waals surface area (Å²) in [6, 6.07) is 3.57. The van der Waals surface area contributed by atoms with E-state index in [2.05, 4.69) is 15.5 Å². The zero-order chi connectivity index (χ0) is 21.4. The lowest BCUT2D eigenvalue weighted by Crippen LogP contribution is -2.60. The first-order valence-corrected chi connectivity index (χ1v) is 11.0. The highest BCUT2D eigenvalue weighted by Crippen LogP contribution is 2.48. The number of anilines is 1. The van der Waals surface area contributed by atoms with Crippen molar-refractivity contribution in [2.45, 2.75) is 23.2 Å². The lowest BCUT2D eigenvalue weighted by molar-refractivity contribution is -0.718. The fourth-order valence-corrected chi connectivity index (χ4v) is 5.90. The van der Waals surface area contributed by atoms with Gasteiger partial charge in [0, 0.05) is 31.7 Å². The highest BCUT2D eigenvalue weighted by atomic mass is 32.2. The van der Waals surface area contributed by atoms with Crippen LogP contribution in [0.3, 0.4) is 0 Å². The van der Waals surface area contributed by atoms with E-state index in [0.717, 1.165) is 5.56 Å². The van der Waals surface area contributed by atoms with Gasteiger partial charge in [0.15, 0.2) is 6.73 Å². The van der Waals surface area contributed by atoms with Gasteiger partial charge in [-0.3, -0.25) is 15.4 Å². The van der Waals surface area contributed by atoms with Crippen molar-refractivity contribution >= 4 is 41.2 Å². The number of hydrogen-bond acceptors (Lipinski definition) is 10. The van der Waals surface area contributed by atoms with Gasteiger partial charge >= 0.3 is 5.97 Å². The molecule has 2 aliphatic heterocycles. The number of pyridine rings is 1. The Hall–Kier alpha value is -2.68. The average molecular weight is 468 g/mol. The number of carbonyl (C=O) groups excluding carboxylic acids is 1. The van der Waals surface area contributed by atoms with Gasteiger partial charge in [0.05, 0.1) is 17.5 Å². The Balaban J connectivity index is 0.00000272. The average Bonchev–Trinajstić information content (AvgIpc) is 3.12. The van der Waals surface area contributed by atoms with Crippen LogP contribution in [0.4, 0.5) is 5.82 Å². The van der Waals surface area contributed by atoms with Crippen LogP contribution in [0.15, 0.2) is 34.8 Å². The molecule has 166 valence electrons. The Kier molecular flexibility index (Phi) is 6.83. The predicted molar refractivity (Wildman–Crippen MR) is 110 cm³/mol. The SMILES string of the molecule is COC[n+]1ccc([C@H]2C(=O)N3C(C(=O)O)=C(CSc4nnnn4C)CSC23)cc1N.[OH-]. The molecule has 2 aliphatic rings. The molecular formula is C17H21N7O5S2. The zero-order valence-electron chi connectivity index (χ0n) is 16.7. The molecule has 4 heterocycles. The van der Waals surface area contributed by atoms with Gasteiger partial charge in [-0.1, -0.05) is 11.8 Å². The number of methoxy groups -OCH3 is 1. The lowest BCUT2D eigenvalue weighted by atomic mass is 9.89. The summed E-state index contributed by atoms with van der Waals surface area (Å²) in [4.78, 5) is 26.3. The van der Waals surface area contributed by atoms with Crippen molar-refractivity contribution in [3.05, 3.63) is 35.2 Å². The number of amides is 1. The van der Waals surface area contributed by atoms with Gasteiger partial charge in [0.25, 0.3) is 5.82 Å². The number of carbonyl (C=O) groups is 2. The van der Waals surface area contributed by atoms with Crippen molar-refractivity contribution in [1.82, 2.24) is 25.1 Å². The van der Waals surface area contributed by atoms with Gasteiger partial charge in [0.2, 0.25) is 11.1 Å². The maximum Gasteiger partial charge on any atom is 0.352 e. The van der Waals surface area contributed by atoms with Crippen molar-refractivity contribution in [2.75, 3.05) is 24.3 Å². The minimum Gasteiger partial charge on any atom is -0.870 e. The third-order valence-electron chi connectivity index (χ3n) is 4.93. The Morgan fingerprint density at radius 1 is 1.52 bits per heavy atom. The first kappa shape index (κ1) is 23.0. The number of β-lactam (4-membered cyclic amide) rings is 1. The molecule has 14 heteroatoms. The molecule has 1 unspecified atom stereocenters. The first-order valence-electron chi connectivity index (χ1n) is 8.95. The van der Waals surface area contributed by atoms with Gasteiger partial charge in [-0.25, -0.2) is 14.0 Å². The third-order valence-corrected chi connectivity index (χ3v) is 7.36. The molecule has 1 fully saturated rings. The van der Waals surface area contributed by atoms with E-state index in [0.29, 0.717) is 34.8 Å². The third kappa shape index (κ3) is 4.11. The molecule has 0 aromatic carbocycles. The second kappa shape index (κ2) is 9.21. The standard InChI is InChI=1S/C17H19N7O4S2.H2O/c1-22-17(19-20-21-22)30-7-10-6-29-15-12(14(25)24(15)13(10)16(26)27)9-3-4-23(8-28-2)11(18)5-9;/h3-5,12,15,18H,6-8H2,1-2H3,(H,26,27);1H2/t12-,15?;/m0./s1. The molecule has 1 amide bonds. The number of ether oxygens (including phenoxy) is 1. The second-order valence-electron chi connectivity index (χ2n) is 6.79. The normalized spacial score (nSPS) is 20.2. The van der Waals surface area contributed by atoms with Crippen molar-refractivity contribution in [3.63, 3.8) is 0 Å². The van der Waals surface area contributed by atoms with E-state index in [1.165, 1.54) is 21.3 Å². The molecule has 0 spiro atoms. The number of nitrogens with two attached hydrogens (primary N) is 1. The Morgan fingerprint density at radius 2 is 2.29 bits per heavy atom. The molecule has 0 bridgehead atoms. The number of aromatic nitrogens is 5. The van der Waals surface area contributed by atoms with Crippen LogP contribution in [-0.4, -0.2) is 71.6 Å². The van der Waals surface area contributed by atoms with E-state index in [1.807, 2.05) is 6.07 Å². The summed E-state index contributed by atoms with van der Waals surface area (Å²) >= 11 is 2.89.